The van der Waals surface area contributed by atoms with Gasteiger partial charge in [0.25, 0.3) is 0 Å². The Bertz CT molecular complexity index is 89.3. The van der Waals surface area contributed by atoms with Crippen LogP contribution in [0.1, 0.15) is 33.1 Å². The van der Waals surface area contributed by atoms with Crippen LogP contribution in [0.2, 0.25) is 0 Å². The summed E-state index contributed by atoms with van der Waals surface area (Å²) >= 11 is 0. The molecular weight excluding hydrogens is 131 g/mol. The molecule has 61 valence electrons. The molecule has 0 aliphatic heterocycles. The highest BCUT2D eigenvalue weighted by Crippen LogP contribution is 2.22. The smallest absolute Gasteiger partial charge is 0.134 e. The van der Waals surface area contributed by atoms with Gasteiger partial charge in [-0.05, 0) is 20.3 Å². The zero-order chi connectivity index (χ0) is 8.20. The summed E-state index contributed by atoms with van der Waals surface area (Å²) < 4.78 is 13.1. The first-order valence-electron chi connectivity index (χ1n) is 3.70. The number of aliphatic hydroxyl groups excluding tert-OH is 1. The number of hydrogen-bond donors (Lipinski definition) is 1. The van der Waals surface area contributed by atoms with Crippen molar-refractivity contribution in [3.05, 3.63) is 6.92 Å². The van der Waals surface area contributed by atoms with E-state index in [0.717, 1.165) is 12.8 Å². The maximum Gasteiger partial charge on any atom is 0.134 e. The number of rotatable bonds is 4. The third-order valence-electron chi connectivity index (χ3n) is 1.71. The topological polar surface area (TPSA) is 20.2 Å². The summed E-state index contributed by atoms with van der Waals surface area (Å²) in [6, 6.07) is 0. The van der Waals surface area contributed by atoms with Gasteiger partial charge >= 0.3 is 0 Å². The number of aliphatic hydroxyl groups is 1. The molecule has 2 heteroatoms. The number of unbranched alkanes of at least 4 members (excludes halogenated alkanes) is 1. The maximum absolute atomic E-state index is 13.1. The van der Waals surface area contributed by atoms with E-state index in [9.17, 15) is 4.39 Å². The minimum atomic E-state index is -1.50. The van der Waals surface area contributed by atoms with Crippen LogP contribution in [0.4, 0.5) is 4.39 Å². The van der Waals surface area contributed by atoms with Crippen LogP contribution in [-0.2, 0) is 0 Å². The van der Waals surface area contributed by atoms with Crippen molar-refractivity contribution in [2.45, 2.75) is 44.9 Å². The highest BCUT2D eigenvalue weighted by atomic mass is 19.1. The first-order chi connectivity index (χ1) is 4.50. The SMILES string of the molecule is [CH2]C(O)C(C)(F)CCCC. The van der Waals surface area contributed by atoms with Gasteiger partial charge in [-0.15, -0.1) is 0 Å². The van der Waals surface area contributed by atoms with Gasteiger partial charge in [0.05, 0.1) is 6.10 Å². The van der Waals surface area contributed by atoms with Crippen LogP contribution in [0.5, 0.6) is 0 Å². The fourth-order valence-electron chi connectivity index (χ4n) is 0.689. The van der Waals surface area contributed by atoms with E-state index in [-0.39, 0.29) is 0 Å². The Balaban J connectivity index is 3.63. The minimum Gasteiger partial charge on any atom is -0.390 e. The quantitative estimate of drug-likeness (QED) is 0.645. The van der Waals surface area contributed by atoms with E-state index in [1.807, 2.05) is 6.92 Å². The minimum absolute atomic E-state index is 0.397. The Kier molecular flexibility index (Phi) is 3.87. The summed E-state index contributed by atoms with van der Waals surface area (Å²) in [5.74, 6) is 0. The Morgan fingerprint density at radius 3 is 2.50 bits per heavy atom. The van der Waals surface area contributed by atoms with Crippen molar-refractivity contribution in [1.82, 2.24) is 0 Å². The van der Waals surface area contributed by atoms with E-state index in [2.05, 4.69) is 6.92 Å². The predicted octanol–water partition coefficient (Wildman–Crippen LogP) is 2.10. The van der Waals surface area contributed by atoms with Crippen molar-refractivity contribution >= 4 is 0 Å². The molecule has 10 heavy (non-hydrogen) atoms. The average Bonchev–Trinajstić information content (AvgIpc) is 1.84. The number of hydrogen-bond acceptors (Lipinski definition) is 1. The molecule has 0 aromatic heterocycles. The molecule has 2 unspecified atom stereocenters. The lowest BCUT2D eigenvalue weighted by Gasteiger charge is -2.22. The number of alkyl halides is 1. The summed E-state index contributed by atoms with van der Waals surface area (Å²) in [6.07, 6.45) is 1.05. The molecule has 0 aromatic rings. The predicted molar refractivity (Wildman–Crippen MR) is 40.4 cm³/mol. The highest BCUT2D eigenvalue weighted by molar-refractivity contribution is 4.83. The normalized spacial score (nSPS) is 20.1. The molecular formula is C8H16FO. The fourth-order valence-corrected chi connectivity index (χ4v) is 0.689. The van der Waals surface area contributed by atoms with E-state index >= 15 is 0 Å². The van der Waals surface area contributed by atoms with Crippen molar-refractivity contribution in [3.63, 3.8) is 0 Å². The lowest BCUT2D eigenvalue weighted by atomic mass is 9.96. The molecule has 0 rings (SSSR count). The standard InChI is InChI=1S/C8H16FO/c1-4-5-6-8(3,9)7(2)10/h7,10H,2,4-6H2,1,3H3. The Hall–Kier alpha value is -0.110. The molecule has 0 saturated heterocycles. The van der Waals surface area contributed by atoms with Crippen LogP contribution in [0.15, 0.2) is 0 Å². The first kappa shape index (κ1) is 9.89. The van der Waals surface area contributed by atoms with Crippen molar-refractivity contribution in [2.75, 3.05) is 0 Å². The monoisotopic (exact) mass is 147 g/mol. The Morgan fingerprint density at radius 1 is 1.70 bits per heavy atom. The van der Waals surface area contributed by atoms with E-state index < -0.39 is 11.8 Å². The van der Waals surface area contributed by atoms with Gasteiger partial charge in [0.1, 0.15) is 5.67 Å². The van der Waals surface area contributed by atoms with Gasteiger partial charge in [0, 0.05) is 0 Å². The third-order valence-corrected chi connectivity index (χ3v) is 1.71. The molecule has 0 aliphatic carbocycles. The molecule has 1 N–H and O–H groups in total. The second-order valence-corrected chi connectivity index (χ2v) is 2.90. The van der Waals surface area contributed by atoms with Crippen LogP contribution >= 0.6 is 0 Å². The Morgan fingerprint density at radius 2 is 2.20 bits per heavy atom. The summed E-state index contributed by atoms with van der Waals surface area (Å²) in [5.41, 5.74) is -1.50. The van der Waals surface area contributed by atoms with Crippen molar-refractivity contribution in [1.29, 1.82) is 0 Å². The average molecular weight is 147 g/mol. The molecule has 0 fully saturated rings. The van der Waals surface area contributed by atoms with Crippen molar-refractivity contribution in [3.8, 4) is 0 Å². The van der Waals surface area contributed by atoms with Crippen molar-refractivity contribution in [2.24, 2.45) is 0 Å². The van der Waals surface area contributed by atoms with Gasteiger partial charge in [0.15, 0.2) is 0 Å². The van der Waals surface area contributed by atoms with Gasteiger partial charge in [0.2, 0.25) is 0 Å². The van der Waals surface area contributed by atoms with Crippen LogP contribution in [0, 0.1) is 6.92 Å². The molecule has 0 saturated carbocycles. The fraction of sp³-hybridized carbons (Fsp3) is 0.875. The van der Waals surface area contributed by atoms with Crippen LogP contribution in [0.3, 0.4) is 0 Å². The molecule has 0 aromatic carbocycles. The molecule has 1 radical (unpaired) electrons. The summed E-state index contributed by atoms with van der Waals surface area (Å²) in [4.78, 5) is 0. The largest absolute Gasteiger partial charge is 0.390 e. The highest BCUT2D eigenvalue weighted by Gasteiger charge is 2.28. The van der Waals surface area contributed by atoms with Crippen molar-refractivity contribution < 1.29 is 9.50 Å². The van der Waals surface area contributed by atoms with E-state index in [4.69, 9.17) is 5.11 Å². The number of halogens is 1. The summed E-state index contributed by atoms with van der Waals surface area (Å²) in [6.45, 7) is 6.62. The van der Waals surface area contributed by atoms with E-state index in [0.29, 0.717) is 6.42 Å². The van der Waals surface area contributed by atoms with Gasteiger partial charge in [-0.1, -0.05) is 19.8 Å². The third kappa shape index (κ3) is 3.16. The maximum atomic E-state index is 13.1. The van der Waals surface area contributed by atoms with Crippen LogP contribution < -0.4 is 0 Å². The molecule has 0 amide bonds. The molecule has 0 spiro atoms. The second kappa shape index (κ2) is 3.91. The van der Waals surface area contributed by atoms with Gasteiger partial charge in [-0.25, -0.2) is 4.39 Å². The summed E-state index contributed by atoms with van der Waals surface area (Å²) in [7, 11) is 0. The molecule has 0 aliphatic rings. The zero-order valence-corrected chi connectivity index (χ0v) is 6.73. The van der Waals surface area contributed by atoms with E-state index in [1.54, 1.807) is 0 Å². The zero-order valence-electron chi connectivity index (χ0n) is 6.73. The molecule has 2 atom stereocenters. The lowest BCUT2D eigenvalue weighted by Crippen LogP contribution is -2.32. The van der Waals surface area contributed by atoms with Crippen LogP contribution in [-0.4, -0.2) is 16.9 Å². The molecule has 0 heterocycles. The second-order valence-electron chi connectivity index (χ2n) is 2.90. The van der Waals surface area contributed by atoms with Gasteiger partial charge in [-0.3, -0.25) is 0 Å². The molecule has 0 bridgehead atoms. The van der Waals surface area contributed by atoms with E-state index in [1.165, 1.54) is 6.92 Å². The Labute approximate surface area is 62.3 Å². The lowest BCUT2D eigenvalue weighted by molar-refractivity contribution is 0.0256. The summed E-state index contributed by atoms with van der Waals surface area (Å²) in [5, 5.41) is 8.82. The van der Waals surface area contributed by atoms with Crippen LogP contribution in [0.25, 0.3) is 0 Å². The first-order valence-corrected chi connectivity index (χ1v) is 3.70. The van der Waals surface area contributed by atoms with Gasteiger partial charge < -0.3 is 5.11 Å². The van der Waals surface area contributed by atoms with Gasteiger partial charge in [-0.2, -0.15) is 0 Å². The molecule has 1 nitrogen and oxygen atoms in total.